The first kappa shape index (κ1) is 14.2. The van der Waals surface area contributed by atoms with Crippen molar-refractivity contribution in [2.45, 2.75) is 45.0 Å². The van der Waals surface area contributed by atoms with E-state index in [1.165, 1.54) is 0 Å². The van der Waals surface area contributed by atoms with Gasteiger partial charge in [-0.15, -0.1) is 0 Å². The van der Waals surface area contributed by atoms with Gasteiger partial charge in [0, 0.05) is 12.0 Å². The van der Waals surface area contributed by atoms with Crippen molar-refractivity contribution in [1.82, 2.24) is 0 Å². The molecular weight excluding hydrogens is 264 g/mol. The Hall–Kier alpha value is -1.74. The van der Waals surface area contributed by atoms with Crippen LogP contribution in [0, 0.1) is 5.92 Å². The molecule has 0 saturated heterocycles. The summed E-state index contributed by atoms with van der Waals surface area (Å²) in [5.74, 6) is -0.456. The molecule has 112 valence electrons. The summed E-state index contributed by atoms with van der Waals surface area (Å²) in [5.41, 5.74) is 1.85. The lowest BCUT2D eigenvalue weighted by Crippen LogP contribution is -2.34. The quantitative estimate of drug-likeness (QED) is 0.855. The molecule has 2 aliphatic rings. The average Bonchev–Trinajstić information content (AvgIpc) is 3.05. The predicted molar refractivity (Wildman–Crippen MR) is 81.2 cm³/mol. The first-order valence-electron chi connectivity index (χ1n) is 7.54. The molecule has 0 spiro atoms. The minimum atomic E-state index is -0.937. The van der Waals surface area contributed by atoms with Gasteiger partial charge in [-0.3, -0.25) is 0 Å². The zero-order valence-corrected chi connectivity index (χ0v) is 12.8. The highest BCUT2D eigenvalue weighted by Crippen LogP contribution is 2.47. The molecule has 2 unspecified atom stereocenters. The molecule has 0 aromatic heterocycles. The monoisotopic (exact) mass is 286 g/mol. The van der Waals surface area contributed by atoms with E-state index >= 15 is 0 Å². The zero-order valence-electron chi connectivity index (χ0n) is 12.8. The van der Waals surface area contributed by atoms with Crippen LogP contribution in [0.25, 0.3) is 0 Å². The van der Waals surface area contributed by atoms with Gasteiger partial charge in [0.25, 0.3) is 5.79 Å². The Kier molecular flexibility index (Phi) is 3.33. The number of allylic oxidation sites excluding steroid dienone is 1. The molecule has 0 radical (unpaired) electrons. The van der Waals surface area contributed by atoms with Crippen LogP contribution >= 0.6 is 0 Å². The van der Waals surface area contributed by atoms with Crippen molar-refractivity contribution in [2.75, 3.05) is 0 Å². The van der Waals surface area contributed by atoms with Gasteiger partial charge in [0.05, 0.1) is 0 Å². The Labute approximate surface area is 125 Å². The molecule has 1 aliphatic carbocycles. The molecular formula is C18H22O3. The fraction of sp³-hybridized carbons (Fsp3) is 0.444. The van der Waals surface area contributed by atoms with Crippen LogP contribution in [-0.4, -0.2) is 5.11 Å². The van der Waals surface area contributed by atoms with Gasteiger partial charge >= 0.3 is 0 Å². The number of hydrogen-bond donors (Lipinski definition) is 1. The van der Waals surface area contributed by atoms with E-state index in [1.807, 2.05) is 38.1 Å². The summed E-state index contributed by atoms with van der Waals surface area (Å²) >= 11 is 0. The van der Waals surface area contributed by atoms with Crippen molar-refractivity contribution in [3.05, 3.63) is 59.6 Å². The Morgan fingerprint density at radius 1 is 1.19 bits per heavy atom. The number of benzene rings is 1. The van der Waals surface area contributed by atoms with E-state index in [0.717, 1.165) is 16.7 Å². The topological polar surface area (TPSA) is 38.7 Å². The largest absolute Gasteiger partial charge is 0.453 e. The first-order chi connectivity index (χ1) is 10.0. The molecule has 1 aliphatic heterocycles. The summed E-state index contributed by atoms with van der Waals surface area (Å²) < 4.78 is 11.5. The summed E-state index contributed by atoms with van der Waals surface area (Å²) in [6.45, 7) is 6.14. The first-order valence-corrected chi connectivity index (χ1v) is 7.54. The lowest BCUT2D eigenvalue weighted by Gasteiger charge is -2.34. The average molecular weight is 286 g/mol. The number of aliphatic hydroxyl groups is 1. The number of hydrogen-bond acceptors (Lipinski definition) is 3. The van der Waals surface area contributed by atoms with Crippen molar-refractivity contribution in [3.8, 4) is 0 Å². The second kappa shape index (κ2) is 4.92. The van der Waals surface area contributed by atoms with Gasteiger partial charge in [-0.1, -0.05) is 44.2 Å². The van der Waals surface area contributed by atoms with Crippen molar-refractivity contribution in [1.29, 1.82) is 0 Å². The van der Waals surface area contributed by atoms with Crippen molar-refractivity contribution in [2.24, 2.45) is 5.92 Å². The van der Waals surface area contributed by atoms with Crippen LogP contribution in [0.3, 0.4) is 0 Å². The van der Waals surface area contributed by atoms with Gasteiger partial charge in [0.15, 0.2) is 0 Å². The van der Waals surface area contributed by atoms with E-state index in [4.69, 9.17) is 9.47 Å². The van der Waals surface area contributed by atoms with E-state index in [1.54, 1.807) is 12.5 Å². The van der Waals surface area contributed by atoms with Crippen molar-refractivity contribution in [3.63, 3.8) is 0 Å². The third kappa shape index (κ3) is 2.07. The van der Waals surface area contributed by atoms with E-state index in [2.05, 4.69) is 13.0 Å². The summed E-state index contributed by atoms with van der Waals surface area (Å²) in [5, 5.41) is 11.3. The van der Waals surface area contributed by atoms with Gasteiger partial charge in [-0.05, 0) is 30.4 Å². The highest BCUT2D eigenvalue weighted by Gasteiger charge is 2.45. The van der Waals surface area contributed by atoms with Crippen LogP contribution in [-0.2, 0) is 20.9 Å². The molecule has 2 atom stereocenters. The fourth-order valence-corrected chi connectivity index (χ4v) is 3.54. The summed E-state index contributed by atoms with van der Waals surface area (Å²) in [7, 11) is 0. The molecule has 21 heavy (non-hydrogen) atoms. The molecule has 0 fully saturated rings. The van der Waals surface area contributed by atoms with E-state index in [-0.39, 0.29) is 0 Å². The van der Waals surface area contributed by atoms with E-state index in [0.29, 0.717) is 18.8 Å². The maximum atomic E-state index is 11.3. The molecule has 3 rings (SSSR count). The summed E-state index contributed by atoms with van der Waals surface area (Å²) in [6, 6.07) is 7.88. The number of ether oxygens (including phenoxy) is 2. The molecule has 1 heterocycles. The molecule has 0 amide bonds. The molecule has 1 aromatic rings. The normalized spacial score (nSPS) is 29.9. The van der Waals surface area contributed by atoms with Crippen LogP contribution in [0.1, 0.15) is 44.7 Å². The molecule has 1 N–H and O–H groups in total. The number of rotatable bonds is 3. The Morgan fingerprint density at radius 3 is 2.33 bits per heavy atom. The molecule has 3 nitrogen and oxygen atoms in total. The molecule has 0 bridgehead atoms. The van der Waals surface area contributed by atoms with E-state index < -0.39 is 11.4 Å². The summed E-state index contributed by atoms with van der Waals surface area (Å²) in [6.07, 6.45) is 6.66. The predicted octanol–water partition coefficient (Wildman–Crippen LogP) is 3.94. The third-order valence-corrected chi connectivity index (χ3v) is 4.63. The van der Waals surface area contributed by atoms with Crippen LogP contribution in [0.2, 0.25) is 0 Å². The van der Waals surface area contributed by atoms with Crippen LogP contribution in [0.4, 0.5) is 0 Å². The zero-order chi connectivity index (χ0) is 15.1. The minimum absolute atomic E-state index is 0.365. The standard InChI is InChI=1S/C18H22O3/c1-4-18(20-9-10-21-18)16-8-6-5-7-15(16)17(19)12-13(2)11-14(17)3/h5-11,13,19H,4,12H2,1-3H3. The van der Waals surface area contributed by atoms with Crippen LogP contribution in [0.5, 0.6) is 0 Å². The Bertz CT molecular complexity index is 594. The van der Waals surface area contributed by atoms with Crippen molar-refractivity contribution >= 4 is 0 Å². The van der Waals surface area contributed by atoms with Gasteiger partial charge in [-0.25, -0.2) is 0 Å². The fourth-order valence-electron chi connectivity index (χ4n) is 3.54. The maximum absolute atomic E-state index is 11.3. The lowest BCUT2D eigenvalue weighted by atomic mass is 9.81. The second-order valence-corrected chi connectivity index (χ2v) is 6.05. The van der Waals surface area contributed by atoms with Gasteiger partial charge < -0.3 is 14.6 Å². The van der Waals surface area contributed by atoms with Gasteiger partial charge in [0.2, 0.25) is 0 Å². The SMILES string of the molecule is CCC1(c2ccccc2C2(O)CC(C)C=C2C)OC=CO1. The molecule has 0 saturated carbocycles. The molecule has 1 aromatic carbocycles. The molecule has 3 heteroatoms. The van der Waals surface area contributed by atoms with Gasteiger partial charge in [-0.2, -0.15) is 0 Å². The lowest BCUT2D eigenvalue weighted by molar-refractivity contribution is -0.153. The third-order valence-electron chi connectivity index (χ3n) is 4.63. The van der Waals surface area contributed by atoms with Crippen LogP contribution in [0.15, 0.2) is 48.4 Å². The maximum Gasteiger partial charge on any atom is 0.276 e. The second-order valence-electron chi connectivity index (χ2n) is 6.05. The Balaban J connectivity index is 2.11. The van der Waals surface area contributed by atoms with Gasteiger partial charge in [0.1, 0.15) is 18.1 Å². The smallest absolute Gasteiger partial charge is 0.276 e. The van der Waals surface area contributed by atoms with Crippen LogP contribution < -0.4 is 0 Å². The van der Waals surface area contributed by atoms with Crippen molar-refractivity contribution < 1.29 is 14.6 Å². The highest BCUT2D eigenvalue weighted by atomic mass is 16.7. The Morgan fingerprint density at radius 2 is 1.81 bits per heavy atom. The van der Waals surface area contributed by atoms with E-state index in [9.17, 15) is 5.11 Å². The minimum Gasteiger partial charge on any atom is -0.453 e. The summed E-state index contributed by atoms with van der Waals surface area (Å²) in [4.78, 5) is 0. The highest BCUT2D eigenvalue weighted by molar-refractivity contribution is 5.43.